The molecule has 0 aliphatic carbocycles. The van der Waals surface area contributed by atoms with Crippen molar-refractivity contribution in [3.63, 3.8) is 0 Å². The second-order valence-corrected chi connectivity index (χ2v) is 4.07. The molecule has 1 heterocycles. The SMILES string of the molecule is CCc1ccc(C(=O)NCc2ncn[nH]2)cc1[N+](=O)[O-]. The number of benzene rings is 1. The predicted molar refractivity (Wildman–Crippen MR) is 70.0 cm³/mol. The number of nitro groups is 1. The first-order valence-corrected chi connectivity index (χ1v) is 6.01. The van der Waals surface area contributed by atoms with Gasteiger partial charge in [-0.2, -0.15) is 5.10 Å². The molecule has 2 rings (SSSR count). The van der Waals surface area contributed by atoms with Gasteiger partial charge in [0.2, 0.25) is 0 Å². The molecule has 2 N–H and O–H groups in total. The van der Waals surface area contributed by atoms with Crippen LogP contribution in [0.15, 0.2) is 24.5 Å². The van der Waals surface area contributed by atoms with Crippen molar-refractivity contribution in [2.75, 3.05) is 0 Å². The third-order valence-corrected chi connectivity index (χ3v) is 2.81. The van der Waals surface area contributed by atoms with Crippen molar-refractivity contribution in [3.8, 4) is 0 Å². The molecule has 0 saturated heterocycles. The molecule has 8 heteroatoms. The van der Waals surface area contributed by atoms with Gasteiger partial charge in [0.05, 0.1) is 11.5 Å². The summed E-state index contributed by atoms with van der Waals surface area (Å²) in [5, 5.41) is 19.8. The fourth-order valence-corrected chi connectivity index (χ4v) is 1.76. The zero-order chi connectivity index (χ0) is 14.5. The number of aromatic nitrogens is 3. The van der Waals surface area contributed by atoms with Crippen LogP contribution in [0.3, 0.4) is 0 Å². The average molecular weight is 275 g/mol. The van der Waals surface area contributed by atoms with E-state index < -0.39 is 10.8 Å². The molecule has 1 aromatic carbocycles. The van der Waals surface area contributed by atoms with Gasteiger partial charge in [0, 0.05) is 17.2 Å². The Morgan fingerprint density at radius 2 is 2.30 bits per heavy atom. The van der Waals surface area contributed by atoms with E-state index in [-0.39, 0.29) is 17.8 Å². The van der Waals surface area contributed by atoms with Gasteiger partial charge in [-0.05, 0) is 12.5 Å². The van der Waals surface area contributed by atoms with Crippen LogP contribution in [0, 0.1) is 10.1 Å². The van der Waals surface area contributed by atoms with Crippen LogP contribution >= 0.6 is 0 Å². The minimum absolute atomic E-state index is 0.0418. The fourth-order valence-electron chi connectivity index (χ4n) is 1.76. The van der Waals surface area contributed by atoms with Crippen molar-refractivity contribution in [1.29, 1.82) is 0 Å². The minimum atomic E-state index is -0.480. The third kappa shape index (κ3) is 2.97. The summed E-state index contributed by atoms with van der Waals surface area (Å²) in [5.41, 5.74) is 0.801. The van der Waals surface area contributed by atoms with Gasteiger partial charge in [-0.1, -0.05) is 13.0 Å². The first kappa shape index (κ1) is 13.7. The normalized spacial score (nSPS) is 10.2. The van der Waals surface area contributed by atoms with E-state index in [4.69, 9.17) is 0 Å². The van der Waals surface area contributed by atoms with Gasteiger partial charge < -0.3 is 5.32 Å². The summed E-state index contributed by atoms with van der Waals surface area (Å²) in [5.74, 6) is 0.116. The number of carbonyl (C=O) groups is 1. The molecule has 0 bridgehead atoms. The van der Waals surface area contributed by atoms with Gasteiger partial charge in [-0.3, -0.25) is 20.0 Å². The molecule has 1 aromatic heterocycles. The Morgan fingerprint density at radius 3 is 2.90 bits per heavy atom. The van der Waals surface area contributed by atoms with Gasteiger partial charge in [0.25, 0.3) is 11.6 Å². The highest BCUT2D eigenvalue weighted by atomic mass is 16.6. The highest BCUT2D eigenvalue weighted by Gasteiger charge is 2.16. The number of hydrogen-bond acceptors (Lipinski definition) is 5. The number of aryl methyl sites for hydroxylation is 1. The number of hydrogen-bond donors (Lipinski definition) is 2. The summed E-state index contributed by atoms with van der Waals surface area (Å²) in [6.07, 6.45) is 1.87. The van der Waals surface area contributed by atoms with Crippen LogP contribution in [0.25, 0.3) is 0 Å². The molecule has 0 fully saturated rings. The van der Waals surface area contributed by atoms with E-state index in [1.54, 1.807) is 12.1 Å². The molecule has 0 atom stereocenters. The highest BCUT2D eigenvalue weighted by Crippen LogP contribution is 2.20. The van der Waals surface area contributed by atoms with Crippen LogP contribution < -0.4 is 5.32 Å². The van der Waals surface area contributed by atoms with E-state index in [1.807, 2.05) is 6.92 Å². The minimum Gasteiger partial charge on any atom is -0.345 e. The third-order valence-electron chi connectivity index (χ3n) is 2.81. The molecule has 0 spiro atoms. The number of aromatic amines is 1. The van der Waals surface area contributed by atoms with Gasteiger partial charge >= 0.3 is 0 Å². The molecular formula is C12H13N5O3. The Kier molecular flexibility index (Phi) is 4.04. The van der Waals surface area contributed by atoms with Crippen molar-refractivity contribution < 1.29 is 9.72 Å². The maximum absolute atomic E-state index is 11.9. The average Bonchev–Trinajstić information content (AvgIpc) is 2.97. The van der Waals surface area contributed by atoms with Gasteiger partial charge in [0.15, 0.2) is 0 Å². The van der Waals surface area contributed by atoms with E-state index in [9.17, 15) is 14.9 Å². The Bertz CT molecular complexity index is 624. The number of rotatable bonds is 5. The van der Waals surface area contributed by atoms with Crippen molar-refractivity contribution in [3.05, 3.63) is 51.6 Å². The summed E-state index contributed by atoms with van der Waals surface area (Å²) in [6, 6.07) is 4.46. The topological polar surface area (TPSA) is 114 Å². The van der Waals surface area contributed by atoms with E-state index in [1.165, 1.54) is 12.4 Å². The van der Waals surface area contributed by atoms with Crippen LogP contribution in [0.5, 0.6) is 0 Å². The Labute approximate surface area is 114 Å². The van der Waals surface area contributed by atoms with E-state index in [0.29, 0.717) is 17.8 Å². The molecule has 0 radical (unpaired) electrons. The Balaban J connectivity index is 2.13. The molecule has 20 heavy (non-hydrogen) atoms. The van der Waals surface area contributed by atoms with Crippen LogP contribution in [-0.2, 0) is 13.0 Å². The van der Waals surface area contributed by atoms with E-state index >= 15 is 0 Å². The van der Waals surface area contributed by atoms with Crippen molar-refractivity contribution >= 4 is 11.6 Å². The first-order valence-electron chi connectivity index (χ1n) is 6.01. The second kappa shape index (κ2) is 5.91. The van der Waals surface area contributed by atoms with E-state index in [0.717, 1.165) is 0 Å². The smallest absolute Gasteiger partial charge is 0.273 e. The quantitative estimate of drug-likeness (QED) is 0.628. The molecule has 104 valence electrons. The van der Waals surface area contributed by atoms with Crippen molar-refractivity contribution in [2.24, 2.45) is 0 Å². The molecular weight excluding hydrogens is 262 g/mol. The summed E-state index contributed by atoms with van der Waals surface area (Å²) < 4.78 is 0. The fraction of sp³-hybridized carbons (Fsp3) is 0.250. The Morgan fingerprint density at radius 1 is 1.50 bits per heavy atom. The molecule has 0 aliphatic rings. The summed E-state index contributed by atoms with van der Waals surface area (Å²) in [4.78, 5) is 26.3. The molecule has 8 nitrogen and oxygen atoms in total. The molecule has 2 aromatic rings. The lowest BCUT2D eigenvalue weighted by Crippen LogP contribution is -2.23. The lowest BCUT2D eigenvalue weighted by molar-refractivity contribution is -0.385. The number of carbonyl (C=O) groups excluding carboxylic acids is 1. The molecule has 0 unspecified atom stereocenters. The lowest BCUT2D eigenvalue weighted by atomic mass is 10.1. The van der Waals surface area contributed by atoms with Crippen LogP contribution in [0.1, 0.15) is 28.7 Å². The molecule has 0 aliphatic heterocycles. The number of amides is 1. The number of nitrogens with zero attached hydrogens (tertiary/aromatic N) is 3. The van der Waals surface area contributed by atoms with Gasteiger partial charge in [-0.15, -0.1) is 0 Å². The summed E-state index contributed by atoms with van der Waals surface area (Å²) >= 11 is 0. The zero-order valence-corrected chi connectivity index (χ0v) is 10.8. The van der Waals surface area contributed by atoms with Crippen molar-refractivity contribution in [2.45, 2.75) is 19.9 Å². The summed E-state index contributed by atoms with van der Waals surface area (Å²) in [6.45, 7) is 2.01. The van der Waals surface area contributed by atoms with Gasteiger partial charge in [-0.25, -0.2) is 4.98 Å². The lowest BCUT2D eigenvalue weighted by Gasteiger charge is -2.05. The number of nitro benzene ring substituents is 1. The molecule has 0 saturated carbocycles. The second-order valence-electron chi connectivity index (χ2n) is 4.07. The van der Waals surface area contributed by atoms with Crippen LogP contribution in [-0.4, -0.2) is 26.0 Å². The van der Waals surface area contributed by atoms with Crippen LogP contribution in [0.4, 0.5) is 5.69 Å². The largest absolute Gasteiger partial charge is 0.345 e. The maximum Gasteiger partial charge on any atom is 0.273 e. The first-order chi connectivity index (χ1) is 9.61. The maximum atomic E-state index is 11.9. The predicted octanol–water partition coefficient (Wildman–Crippen LogP) is 1.21. The van der Waals surface area contributed by atoms with E-state index in [2.05, 4.69) is 20.5 Å². The number of nitrogens with one attached hydrogen (secondary N) is 2. The standard InChI is InChI=1S/C12H13N5O3/c1-2-8-3-4-9(5-10(8)17(19)20)12(18)13-6-11-14-7-15-16-11/h3-5,7H,2,6H2,1H3,(H,13,18)(H,14,15,16). The number of H-pyrrole nitrogens is 1. The molecule has 1 amide bonds. The highest BCUT2D eigenvalue weighted by molar-refractivity contribution is 5.94. The Hall–Kier alpha value is -2.77. The zero-order valence-electron chi connectivity index (χ0n) is 10.8. The monoisotopic (exact) mass is 275 g/mol. The van der Waals surface area contributed by atoms with Crippen LogP contribution in [0.2, 0.25) is 0 Å². The van der Waals surface area contributed by atoms with Crippen molar-refractivity contribution in [1.82, 2.24) is 20.5 Å². The van der Waals surface area contributed by atoms with Gasteiger partial charge in [0.1, 0.15) is 12.2 Å². The summed E-state index contributed by atoms with van der Waals surface area (Å²) in [7, 11) is 0.